The van der Waals surface area contributed by atoms with Crippen molar-refractivity contribution in [2.45, 2.75) is 13.0 Å². The maximum Gasteiger partial charge on any atom is 0.344 e. The summed E-state index contributed by atoms with van der Waals surface area (Å²) in [7, 11) is 1.51. The van der Waals surface area contributed by atoms with Crippen molar-refractivity contribution >= 4 is 40.5 Å². The highest BCUT2D eigenvalue weighted by Gasteiger charge is 2.17. The molecule has 1 atom stereocenters. The van der Waals surface area contributed by atoms with E-state index in [-0.39, 0.29) is 0 Å². The van der Waals surface area contributed by atoms with Crippen molar-refractivity contribution < 1.29 is 19.4 Å². The van der Waals surface area contributed by atoms with Crippen molar-refractivity contribution in [3.05, 3.63) is 51.6 Å². The Bertz CT molecular complexity index is 713. The van der Waals surface area contributed by atoms with Crippen LogP contribution >= 0.6 is 22.6 Å². The van der Waals surface area contributed by atoms with Crippen LogP contribution < -0.4 is 9.47 Å². The molecule has 0 aliphatic carbocycles. The standard InChI is InChI=1S/C17H16INO4/c1-11(17(20)21)23-16-12(4-3-5-15(16)22-2)10-19-14-8-6-13(18)7-9-14/h3-11H,1-2H3,(H,20,21)/t11-/m1/s1. The monoisotopic (exact) mass is 425 g/mol. The molecule has 0 bridgehead atoms. The minimum atomic E-state index is -1.04. The first kappa shape index (κ1) is 17.3. The fourth-order valence-electron chi connectivity index (χ4n) is 1.82. The second-order valence-electron chi connectivity index (χ2n) is 4.71. The van der Waals surface area contributed by atoms with Crippen LogP contribution in [0, 0.1) is 3.57 Å². The lowest BCUT2D eigenvalue weighted by atomic mass is 10.2. The number of hydrogen-bond donors (Lipinski definition) is 1. The molecule has 0 aromatic heterocycles. The summed E-state index contributed by atoms with van der Waals surface area (Å²) in [5, 5.41) is 9.03. The molecular weight excluding hydrogens is 409 g/mol. The Hall–Kier alpha value is -2.09. The second-order valence-corrected chi connectivity index (χ2v) is 5.96. The number of carboxylic acids is 1. The number of benzene rings is 2. The minimum absolute atomic E-state index is 0.360. The zero-order valence-corrected chi connectivity index (χ0v) is 14.9. The van der Waals surface area contributed by atoms with Crippen molar-refractivity contribution in [3.8, 4) is 11.5 Å². The Morgan fingerprint density at radius 2 is 1.96 bits per heavy atom. The minimum Gasteiger partial charge on any atom is -0.493 e. The molecule has 0 heterocycles. The first-order valence-electron chi connectivity index (χ1n) is 6.87. The molecular formula is C17H16INO4. The molecule has 0 fully saturated rings. The molecule has 5 nitrogen and oxygen atoms in total. The molecule has 0 aliphatic rings. The number of rotatable bonds is 6. The summed E-state index contributed by atoms with van der Waals surface area (Å²) in [5.41, 5.74) is 1.45. The van der Waals surface area contributed by atoms with Crippen molar-refractivity contribution in [3.63, 3.8) is 0 Å². The third-order valence-electron chi connectivity index (χ3n) is 3.05. The Balaban J connectivity index is 2.33. The lowest BCUT2D eigenvalue weighted by molar-refractivity contribution is -0.144. The summed E-state index contributed by atoms with van der Waals surface area (Å²) in [6.45, 7) is 1.47. The predicted molar refractivity (Wildman–Crippen MR) is 97.1 cm³/mol. The summed E-state index contributed by atoms with van der Waals surface area (Å²) in [6, 6.07) is 13.0. The molecule has 0 unspecified atom stereocenters. The molecule has 23 heavy (non-hydrogen) atoms. The molecule has 0 amide bonds. The van der Waals surface area contributed by atoms with Crippen LogP contribution in [-0.4, -0.2) is 30.5 Å². The summed E-state index contributed by atoms with van der Waals surface area (Å²) < 4.78 is 11.9. The quantitative estimate of drug-likeness (QED) is 0.563. The number of carbonyl (C=O) groups is 1. The predicted octanol–water partition coefficient (Wildman–Crippen LogP) is 3.90. The van der Waals surface area contributed by atoms with Gasteiger partial charge in [-0.15, -0.1) is 0 Å². The lowest BCUT2D eigenvalue weighted by Gasteiger charge is -2.15. The van der Waals surface area contributed by atoms with Gasteiger partial charge in [0.25, 0.3) is 0 Å². The maximum absolute atomic E-state index is 11.0. The van der Waals surface area contributed by atoms with Gasteiger partial charge in [-0.05, 0) is 65.9 Å². The molecule has 6 heteroatoms. The van der Waals surface area contributed by atoms with Crippen LogP contribution in [0.4, 0.5) is 5.69 Å². The average molecular weight is 425 g/mol. The number of aliphatic carboxylic acids is 1. The molecule has 0 radical (unpaired) electrons. The summed E-state index contributed by atoms with van der Waals surface area (Å²) in [5.74, 6) is -0.222. The van der Waals surface area contributed by atoms with E-state index in [0.717, 1.165) is 9.26 Å². The third-order valence-corrected chi connectivity index (χ3v) is 3.77. The van der Waals surface area contributed by atoms with E-state index in [0.29, 0.717) is 17.1 Å². The van der Waals surface area contributed by atoms with Gasteiger partial charge in [0, 0.05) is 15.3 Å². The topological polar surface area (TPSA) is 68.1 Å². The fourth-order valence-corrected chi connectivity index (χ4v) is 2.18. The highest BCUT2D eigenvalue weighted by Crippen LogP contribution is 2.31. The van der Waals surface area contributed by atoms with Crippen LogP contribution in [0.1, 0.15) is 12.5 Å². The Kier molecular flexibility index (Phi) is 5.97. The van der Waals surface area contributed by atoms with Gasteiger partial charge in [0.1, 0.15) is 0 Å². The maximum atomic E-state index is 11.0. The van der Waals surface area contributed by atoms with Gasteiger partial charge >= 0.3 is 5.97 Å². The molecule has 0 saturated carbocycles. The molecule has 0 aliphatic heterocycles. The van der Waals surface area contributed by atoms with Crippen molar-refractivity contribution in [2.75, 3.05) is 7.11 Å². The molecule has 2 aromatic carbocycles. The summed E-state index contributed by atoms with van der Waals surface area (Å²) >= 11 is 2.23. The Labute approximate surface area is 148 Å². The van der Waals surface area contributed by atoms with Gasteiger partial charge in [-0.25, -0.2) is 4.79 Å². The molecule has 120 valence electrons. The molecule has 0 spiro atoms. The van der Waals surface area contributed by atoms with E-state index in [4.69, 9.17) is 14.6 Å². The largest absolute Gasteiger partial charge is 0.493 e. The first-order valence-corrected chi connectivity index (χ1v) is 7.95. The van der Waals surface area contributed by atoms with Crippen LogP contribution in [-0.2, 0) is 4.79 Å². The van der Waals surface area contributed by atoms with Gasteiger partial charge in [0.05, 0.1) is 12.8 Å². The fraction of sp³-hybridized carbons (Fsp3) is 0.176. The van der Waals surface area contributed by atoms with Crippen LogP contribution in [0.2, 0.25) is 0 Å². The van der Waals surface area contributed by atoms with Crippen molar-refractivity contribution in [1.29, 1.82) is 0 Å². The zero-order chi connectivity index (χ0) is 16.8. The average Bonchev–Trinajstić information content (AvgIpc) is 2.55. The number of methoxy groups -OCH3 is 1. The van der Waals surface area contributed by atoms with Crippen LogP contribution in [0.25, 0.3) is 0 Å². The number of para-hydroxylation sites is 1. The third kappa shape index (κ3) is 4.69. The number of aliphatic imine (C=N–C) groups is 1. The van der Waals surface area contributed by atoms with Gasteiger partial charge in [-0.1, -0.05) is 6.07 Å². The molecule has 2 aromatic rings. The van der Waals surface area contributed by atoms with E-state index in [1.54, 1.807) is 24.4 Å². The normalized spacial score (nSPS) is 12.1. The molecule has 0 saturated heterocycles. The van der Waals surface area contributed by atoms with Crippen molar-refractivity contribution in [1.82, 2.24) is 0 Å². The lowest BCUT2D eigenvalue weighted by Crippen LogP contribution is -2.23. The number of nitrogens with zero attached hydrogens (tertiary/aromatic N) is 1. The van der Waals surface area contributed by atoms with Crippen LogP contribution in [0.5, 0.6) is 11.5 Å². The smallest absolute Gasteiger partial charge is 0.344 e. The van der Waals surface area contributed by atoms with E-state index < -0.39 is 12.1 Å². The van der Waals surface area contributed by atoms with E-state index in [1.807, 2.05) is 24.3 Å². The zero-order valence-electron chi connectivity index (χ0n) is 12.7. The van der Waals surface area contributed by atoms with Crippen LogP contribution in [0.3, 0.4) is 0 Å². The highest BCUT2D eigenvalue weighted by molar-refractivity contribution is 14.1. The Morgan fingerprint density at radius 1 is 1.26 bits per heavy atom. The molecule has 2 rings (SSSR count). The first-order chi connectivity index (χ1) is 11.0. The number of hydrogen-bond acceptors (Lipinski definition) is 4. The number of halogens is 1. The van der Waals surface area contributed by atoms with Crippen molar-refractivity contribution in [2.24, 2.45) is 4.99 Å². The highest BCUT2D eigenvalue weighted by atomic mass is 127. The summed E-state index contributed by atoms with van der Waals surface area (Å²) in [4.78, 5) is 15.4. The number of ether oxygens (including phenoxy) is 2. The van der Waals surface area contributed by atoms with E-state index >= 15 is 0 Å². The van der Waals surface area contributed by atoms with Gasteiger partial charge in [-0.2, -0.15) is 0 Å². The van der Waals surface area contributed by atoms with Gasteiger partial charge in [0.15, 0.2) is 17.6 Å². The second kappa shape index (κ2) is 7.96. The van der Waals surface area contributed by atoms with E-state index in [1.165, 1.54) is 14.0 Å². The summed E-state index contributed by atoms with van der Waals surface area (Å²) in [6.07, 6.45) is 0.644. The van der Waals surface area contributed by atoms with E-state index in [2.05, 4.69) is 27.6 Å². The SMILES string of the molecule is COc1cccc(C=Nc2ccc(I)cc2)c1O[C@H](C)C(=O)O. The van der Waals surface area contributed by atoms with E-state index in [9.17, 15) is 4.79 Å². The van der Waals surface area contributed by atoms with Gasteiger partial charge in [-0.3, -0.25) is 4.99 Å². The Morgan fingerprint density at radius 3 is 2.57 bits per heavy atom. The van der Waals surface area contributed by atoms with Gasteiger partial charge < -0.3 is 14.6 Å². The number of carboxylic acid groups (broad SMARTS) is 1. The van der Waals surface area contributed by atoms with Crippen LogP contribution in [0.15, 0.2) is 47.5 Å². The van der Waals surface area contributed by atoms with Gasteiger partial charge in [0.2, 0.25) is 0 Å². The molecule has 1 N–H and O–H groups in total.